The summed E-state index contributed by atoms with van der Waals surface area (Å²) in [4.78, 5) is 0. The maximum atomic E-state index is 6.03. The van der Waals surface area contributed by atoms with E-state index in [1.165, 1.54) is 0 Å². The van der Waals surface area contributed by atoms with Crippen molar-refractivity contribution in [1.82, 2.24) is 0 Å². The molecular formula is C8H20O3Si3. The molecule has 1 aliphatic rings. The highest BCUT2D eigenvalue weighted by atomic mass is 28.5. The Bertz CT molecular complexity index is 224. The van der Waals surface area contributed by atoms with Crippen molar-refractivity contribution in [3.05, 3.63) is 12.7 Å². The molecule has 0 N–H and O–H groups in total. The van der Waals surface area contributed by atoms with E-state index in [0.29, 0.717) is 0 Å². The highest BCUT2D eigenvalue weighted by Crippen LogP contribution is 2.32. The van der Waals surface area contributed by atoms with Crippen LogP contribution < -0.4 is 0 Å². The Morgan fingerprint density at radius 2 is 1.36 bits per heavy atom. The fraction of sp³-hybridized carbons (Fsp3) is 0.750. The van der Waals surface area contributed by atoms with Crippen molar-refractivity contribution in [1.29, 1.82) is 0 Å². The third-order valence-electron chi connectivity index (χ3n) is 1.93. The minimum absolute atomic E-state index is 0.850. The molecule has 1 saturated heterocycles. The SMILES string of the molecule is C=CC[Si]1(C)O[Si](C)(C)O[Si](C)(C)O1. The molecule has 0 aromatic heterocycles. The second kappa shape index (κ2) is 3.69. The van der Waals surface area contributed by atoms with Gasteiger partial charge < -0.3 is 12.3 Å². The summed E-state index contributed by atoms with van der Waals surface area (Å²) < 4.78 is 18.0. The molecule has 0 saturated carbocycles. The lowest BCUT2D eigenvalue weighted by atomic mass is 10.8. The molecule has 6 heteroatoms. The number of hydrogen-bond acceptors (Lipinski definition) is 3. The van der Waals surface area contributed by atoms with Crippen LogP contribution in [0.4, 0.5) is 0 Å². The van der Waals surface area contributed by atoms with Gasteiger partial charge in [0, 0.05) is 6.04 Å². The molecular weight excluding hydrogens is 228 g/mol. The van der Waals surface area contributed by atoms with Gasteiger partial charge in [-0.2, -0.15) is 0 Å². The maximum Gasteiger partial charge on any atom is 0.321 e. The summed E-state index contributed by atoms with van der Waals surface area (Å²) in [5, 5.41) is 0. The van der Waals surface area contributed by atoms with Gasteiger partial charge in [0.15, 0.2) is 0 Å². The second-order valence-corrected chi connectivity index (χ2v) is 15.5. The van der Waals surface area contributed by atoms with Crippen LogP contribution in [0.3, 0.4) is 0 Å². The van der Waals surface area contributed by atoms with Crippen LogP contribution >= 0.6 is 0 Å². The minimum Gasteiger partial charge on any atom is -0.416 e. The van der Waals surface area contributed by atoms with Gasteiger partial charge in [-0.3, -0.25) is 0 Å². The summed E-state index contributed by atoms with van der Waals surface area (Å²) in [5.74, 6) is 0. The standard InChI is InChI=1S/C8H20O3Si3/c1-7-8-14(6)10-12(2,3)9-13(4,5)11-14/h7H,1,8H2,2-6H3. The minimum atomic E-state index is -2.03. The van der Waals surface area contributed by atoms with E-state index < -0.39 is 25.7 Å². The lowest BCUT2D eigenvalue weighted by molar-refractivity contribution is 0.235. The molecule has 0 aromatic carbocycles. The van der Waals surface area contributed by atoms with E-state index in [0.717, 1.165) is 6.04 Å². The van der Waals surface area contributed by atoms with Crippen LogP contribution in [-0.4, -0.2) is 25.7 Å². The van der Waals surface area contributed by atoms with Crippen LogP contribution in [0.2, 0.25) is 38.8 Å². The van der Waals surface area contributed by atoms with Crippen LogP contribution in [-0.2, 0) is 12.3 Å². The predicted molar refractivity (Wildman–Crippen MR) is 64.8 cm³/mol. The van der Waals surface area contributed by atoms with E-state index in [1.807, 2.05) is 6.08 Å². The highest BCUT2D eigenvalue weighted by Gasteiger charge is 2.51. The van der Waals surface area contributed by atoms with E-state index in [9.17, 15) is 0 Å². The van der Waals surface area contributed by atoms with Gasteiger partial charge in [-0.15, -0.1) is 6.58 Å². The molecule has 0 radical (unpaired) electrons. The largest absolute Gasteiger partial charge is 0.416 e. The van der Waals surface area contributed by atoms with E-state index >= 15 is 0 Å². The quantitative estimate of drug-likeness (QED) is 0.555. The van der Waals surface area contributed by atoms with E-state index in [-0.39, 0.29) is 0 Å². The predicted octanol–water partition coefficient (Wildman–Crippen LogP) is 2.71. The van der Waals surface area contributed by atoms with E-state index in [1.54, 1.807) is 0 Å². The number of hydrogen-bond donors (Lipinski definition) is 0. The Balaban J connectivity index is 2.85. The summed E-state index contributed by atoms with van der Waals surface area (Å²) >= 11 is 0. The third kappa shape index (κ3) is 3.14. The highest BCUT2D eigenvalue weighted by molar-refractivity contribution is 6.92. The zero-order chi connectivity index (χ0) is 11.0. The zero-order valence-electron chi connectivity index (χ0n) is 9.72. The molecule has 0 aromatic rings. The Kier molecular flexibility index (Phi) is 3.25. The summed E-state index contributed by atoms with van der Waals surface area (Å²) in [6, 6.07) is 0.850. The van der Waals surface area contributed by atoms with Gasteiger partial charge in [0.2, 0.25) is 0 Å². The Morgan fingerprint density at radius 3 is 1.71 bits per heavy atom. The first-order valence-electron chi connectivity index (χ1n) is 4.89. The van der Waals surface area contributed by atoms with E-state index in [2.05, 4.69) is 39.3 Å². The monoisotopic (exact) mass is 248 g/mol. The van der Waals surface area contributed by atoms with Crippen molar-refractivity contribution in [3.8, 4) is 0 Å². The van der Waals surface area contributed by atoms with E-state index in [4.69, 9.17) is 12.3 Å². The molecule has 3 nitrogen and oxygen atoms in total. The third-order valence-corrected chi connectivity index (χ3v) is 14.3. The Labute approximate surface area is 89.8 Å². The molecule has 1 aliphatic heterocycles. The maximum absolute atomic E-state index is 6.03. The zero-order valence-corrected chi connectivity index (χ0v) is 12.7. The van der Waals surface area contributed by atoms with Gasteiger partial charge in [0.25, 0.3) is 0 Å². The fourth-order valence-electron chi connectivity index (χ4n) is 2.04. The fourth-order valence-corrected chi connectivity index (χ4v) is 17.9. The normalized spacial score (nSPS) is 28.4. The molecule has 82 valence electrons. The van der Waals surface area contributed by atoms with Crippen LogP contribution in [0.5, 0.6) is 0 Å². The number of rotatable bonds is 2. The summed E-state index contributed by atoms with van der Waals surface area (Å²) in [6.45, 7) is 14.3. The van der Waals surface area contributed by atoms with Gasteiger partial charge in [0.1, 0.15) is 0 Å². The van der Waals surface area contributed by atoms with Crippen LogP contribution in [0, 0.1) is 0 Å². The molecule has 0 spiro atoms. The summed E-state index contributed by atoms with van der Waals surface area (Å²) in [7, 11) is -5.92. The lowest BCUT2D eigenvalue weighted by Crippen LogP contribution is -2.65. The Morgan fingerprint density at radius 1 is 0.929 bits per heavy atom. The first-order valence-corrected chi connectivity index (χ1v) is 13.1. The van der Waals surface area contributed by atoms with Gasteiger partial charge in [-0.1, -0.05) is 6.08 Å². The molecule has 0 bridgehead atoms. The molecule has 0 amide bonds. The molecule has 0 aliphatic carbocycles. The lowest BCUT2D eigenvalue weighted by Gasteiger charge is -2.47. The first kappa shape index (κ1) is 12.3. The summed E-state index contributed by atoms with van der Waals surface area (Å²) in [6.07, 6.45) is 1.90. The molecule has 14 heavy (non-hydrogen) atoms. The summed E-state index contributed by atoms with van der Waals surface area (Å²) in [5.41, 5.74) is 0. The molecule has 0 unspecified atom stereocenters. The van der Waals surface area contributed by atoms with Crippen LogP contribution in [0.25, 0.3) is 0 Å². The van der Waals surface area contributed by atoms with Gasteiger partial charge in [0.05, 0.1) is 0 Å². The molecule has 1 rings (SSSR count). The molecule has 1 heterocycles. The van der Waals surface area contributed by atoms with Crippen molar-refractivity contribution < 1.29 is 12.3 Å². The average Bonchev–Trinajstić information content (AvgIpc) is 1.75. The van der Waals surface area contributed by atoms with Crippen molar-refractivity contribution in [2.45, 2.75) is 38.8 Å². The van der Waals surface area contributed by atoms with Crippen molar-refractivity contribution in [2.75, 3.05) is 0 Å². The Hall–Kier alpha value is 0.271. The topological polar surface area (TPSA) is 27.7 Å². The first-order chi connectivity index (χ1) is 6.18. The van der Waals surface area contributed by atoms with Crippen molar-refractivity contribution in [3.63, 3.8) is 0 Å². The van der Waals surface area contributed by atoms with Crippen LogP contribution in [0.15, 0.2) is 12.7 Å². The molecule has 0 atom stereocenters. The molecule has 1 fully saturated rings. The van der Waals surface area contributed by atoms with Crippen molar-refractivity contribution >= 4 is 25.7 Å². The smallest absolute Gasteiger partial charge is 0.321 e. The number of allylic oxidation sites excluding steroid dienone is 1. The van der Waals surface area contributed by atoms with Crippen LogP contribution in [0.1, 0.15) is 0 Å². The van der Waals surface area contributed by atoms with Gasteiger partial charge >= 0.3 is 25.7 Å². The second-order valence-electron chi connectivity index (χ2n) is 4.73. The van der Waals surface area contributed by atoms with Crippen molar-refractivity contribution in [2.24, 2.45) is 0 Å². The van der Waals surface area contributed by atoms with Gasteiger partial charge in [-0.25, -0.2) is 0 Å². The average molecular weight is 249 g/mol. The van der Waals surface area contributed by atoms with Gasteiger partial charge in [-0.05, 0) is 32.7 Å².